The first-order valence-electron chi connectivity index (χ1n) is 8.07. The van der Waals surface area contributed by atoms with Crippen molar-refractivity contribution in [2.24, 2.45) is 0 Å². The average molecular weight is 396 g/mol. The van der Waals surface area contributed by atoms with E-state index in [4.69, 9.17) is 4.74 Å². The number of morpholine rings is 1. The van der Waals surface area contributed by atoms with Crippen LogP contribution >= 0.6 is 15.9 Å². The Hall–Kier alpha value is -1.44. The fourth-order valence-corrected chi connectivity index (χ4v) is 3.67. The number of rotatable bonds is 3. The summed E-state index contributed by atoms with van der Waals surface area (Å²) in [4.78, 5) is 28.7. The number of hydrogen-bond donors (Lipinski definition) is 1. The monoisotopic (exact) mass is 395 g/mol. The number of nitrogens with one attached hydrogen (secondary N) is 1. The lowest BCUT2D eigenvalue weighted by Gasteiger charge is -2.36. The molecule has 0 saturated carbocycles. The van der Waals surface area contributed by atoms with Crippen molar-refractivity contribution in [3.05, 3.63) is 34.3 Å². The Labute approximate surface area is 150 Å². The zero-order valence-electron chi connectivity index (χ0n) is 14.1. The molecule has 0 unspecified atom stereocenters. The van der Waals surface area contributed by atoms with E-state index < -0.39 is 5.54 Å². The van der Waals surface area contributed by atoms with E-state index in [0.29, 0.717) is 13.1 Å². The molecule has 3 atom stereocenters. The Bertz CT molecular complexity index is 641. The zero-order chi connectivity index (χ0) is 17.5. The standard InChI is InChI=1S/C17H22BrN3O3/c1-11-8-20(9-12(2)24-11)10-21-15(22)17(3,19-16(21)23)13-4-6-14(18)7-5-13/h4-7,11-12H,8-10H2,1-3H3,(H,19,23)/t11-,12-,17-/m1/s1. The molecule has 1 N–H and O–H groups in total. The molecule has 0 bridgehead atoms. The van der Waals surface area contributed by atoms with Gasteiger partial charge in [-0.25, -0.2) is 9.69 Å². The van der Waals surface area contributed by atoms with Crippen molar-refractivity contribution in [2.45, 2.75) is 38.5 Å². The van der Waals surface area contributed by atoms with Gasteiger partial charge in [0.25, 0.3) is 5.91 Å². The highest BCUT2D eigenvalue weighted by molar-refractivity contribution is 9.10. The number of carbonyl (C=O) groups excluding carboxylic acids is 2. The molecule has 0 aliphatic carbocycles. The molecule has 3 amide bonds. The molecule has 0 spiro atoms. The largest absolute Gasteiger partial charge is 0.373 e. The quantitative estimate of drug-likeness (QED) is 0.797. The van der Waals surface area contributed by atoms with Crippen LogP contribution in [0, 0.1) is 0 Å². The van der Waals surface area contributed by atoms with Gasteiger partial charge < -0.3 is 10.1 Å². The number of amides is 3. The van der Waals surface area contributed by atoms with Gasteiger partial charge in [0, 0.05) is 17.6 Å². The van der Waals surface area contributed by atoms with Crippen LogP contribution in [0.25, 0.3) is 0 Å². The van der Waals surface area contributed by atoms with Crippen LogP contribution < -0.4 is 5.32 Å². The van der Waals surface area contributed by atoms with Crippen LogP contribution in [0.15, 0.2) is 28.7 Å². The fourth-order valence-electron chi connectivity index (χ4n) is 3.40. The normalized spacial score (nSPS) is 31.4. The van der Waals surface area contributed by atoms with Crippen LogP contribution in [-0.4, -0.2) is 53.7 Å². The van der Waals surface area contributed by atoms with E-state index in [-0.39, 0.29) is 30.8 Å². The SMILES string of the molecule is C[C@@H]1CN(CN2C(=O)N[C@](C)(c3ccc(Br)cc3)C2=O)C[C@@H](C)O1. The highest BCUT2D eigenvalue weighted by Gasteiger charge is 2.49. The molecule has 2 aliphatic heterocycles. The van der Waals surface area contributed by atoms with Gasteiger partial charge in [0.2, 0.25) is 0 Å². The first kappa shape index (κ1) is 17.4. The number of halogens is 1. The average Bonchev–Trinajstić information content (AvgIpc) is 2.71. The molecule has 130 valence electrons. The Morgan fingerprint density at radius 2 is 1.79 bits per heavy atom. The fraction of sp³-hybridized carbons (Fsp3) is 0.529. The smallest absolute Gasteiger partial charge is 0.326 e. The van der Waals surface area contributed by atoms with Gasteiger partial charge in [0.1, 0.15) is 5.54 Å². The van der Waals surface area contributed by atoms with Gasteiger partial charge in [-0.15, -0.1) is 0 Å². The molecule has 0 aromatic heterocycles. The number of benzene rings is 1. The minimum Gasteiger partial charge on any atom is -0.373 e. The van der Waals surface area contributed by atoms with Crippen LogP contribution in [0.5, 0.6) is 0 Å². The summed E-state index contributed by atoms with van der Waals surface area (Å²) < 4.78 is 6.64. The lowest BCUT2D eigenvalue weighted by Crippen LogP contribution is -2.51. The highest BCUT2D eigenvalue weighted by atomic mass is 79.9. The van der Waals surface area contributed by atoms with Crippen molar-refractivity contribution >= 4 is 27.9 Å². The molecule has 1 aromatic carbocycles. The summed E-state index contributed by atoms with van der Waals surface area (Å²) in [5.41, 5.74) is -0.253. The van der Waals surface area contributed by atoms with Crippen LogP contribution in [0.1, 0.15) is 26.3 Å². The highest BCUT2D eigenvalue weighted by Crippen LogP contribution is 2.30. The second kappa shape index (κ2) is 6.46. The van der Waals surface area contributed by atoms with Crippen molar-refractivity contribution in [2.75, 3.05) is 19.8 Å². The number of imide groups is 1. The molecule has 7 heteroatoms. The lowest BCUT2D eigenvalue weighted by atomic mass is 9.92. The third kappa shape index (κ3) is 3.20. The number of nitrogens with zero attached hydrogens (tertiary/aromatic N) is 2. The number of carbonyl (C=O) groups is 2. The maximum Gasteiger partial charge on any atom is 0.326 e. The van der Waals surface area contributed by atoms with E-state index in [1.807, 2.05) is 38.1 Å². The second-order valence-corrected chi connectivity index (χ2v) is 7.65. The van der Waals surface area contributed by atoms with Gasteiger partial charge >= 0.3 is 6.03 Å². The van der Waals surface area contributed by atoms with Gasteiger partial charge in [0.05, 0.1) is 18.9 Å². The van der Waals surface area contributed by atoms with Gasteiger partial charge in [-0.05, 0) is 38.5 Å². The molecule has 0 radical (unpaired) electrons. The molecular weight excluding hydrogens is 374 g/mol. The maximum atomic E-state index is 12.9. The number of ether oxygens (including phenoxy) is 1. The third-order valence-corrected chi connectivity index (χ3v) is 5.06. The summed E-state index contributed by atoms with van der Waals surface area (Å²) in [7, 11) is 0. The van der Waals surface area contributed by atoms with Gasteiger partial charge in [0.15, 0.2) is 0 Å². The first-order chi connectivity index (χ1) is 11.3. The number of urea groups is 1. The summed E-state index contributed by atoms with van der Waals surface area (Å²) in [6.07, 6.45) is 0.180. The molecule has 1 aromatic rings. The van der Waals surface area contributed by atoms with Crippen molar-refractivity contribution in [3.8, 4) is 0 Å². The second-order valence-electron chi connectivity index (χ2n) is 6.73. The van der Waals surface area contributed by atoms with E-state index in [2.05, 4.69) is 26.1 Å². The molecule has 2 aliphatic rings. The summed E-state index contributed by atoms with van der Waals surface area (Å²) >= 11 is 3.39. The molecular formula is C17H22BrN3O3. The van der Waals surface area contributed by atoms with Crippen LogP contribution in [0.2, 0.25) is 0 Å². The van der Waals surface area contributed by atoms with Crippen LogP contribution in [0.4, 0.5) is 4.79 Å². The molecule has 24 heavy (non-hydrogen) atoms. The summed E-state index contributed by atoms with van der Waals surface area (Å²) in [6.45, 7) is 7.45. The molecule has 6 nitrogen and oxygen atoms in total. The van der Waals surface area contributed by atoms with Crippen molar-refractivity contribution in [1.82, 2.24) is 15.1 Å². The zero-order valence-corrected chi connectivity index (χ0v) is 15.7. The minimum absolute atomic E-state index is 0.0902. The Morgan fingerprint density at radius 1 is 1.21 bits per heavy atom. The lowest BCUT2D eigenvalue weighted by molar-refractivity contribution is -0.135. The topological polar surface area (TPSA) is 61.9 Å². The van der Waals surface area contributed by atoms with E-state index in [1.54, 1.807) is 6.92 Å². The predicted octanol–water partition coefficient (Wildman–Crippen LogP) is 2.28. The molecule has 2 fully saturated rings. The summed E-state index contributed by atoms with van der Waals surface area (Å²) in [5.74, 6) is -0.221. The van der Waals surface area contributed by atoms with E-state index in [9.17, 15) is 9.59 Å². The number of hydrogen-bond acceptors (Lipinski definition) is 4. The predicted molar refractivity (Wildman–Crippen MR) is 93.3 cm³/mol. The molecule has 3 rings (SSSR count). The first-order valence-corrected chi connectivity index (χ1v) is 8.87. The van der Waals surface area contributed by atoms with Crippen molar-refractivity contribution < 1.29 is 14.3 Å². The Morgan fingerprint density at radius 3 is 2.38 bits per heavy atom. The van der Waals surface area contributed by atoms with Gasteiger partial charge in [-0.2, -0.15) is 0 Å². The molecule has 2 saturated heterocycles. The van der Waals surface area contributed by atoms with E-state index in [1.165, 1.54) is 4.90 Å². The third-order valence-electron chi connectivity index (χ3n) is 4.53. The Kier molecular flexibility index (Phi) is 4.68. The summed E-state index contributed by atoms with van der Waals surface area (Å²) in [5, 5.41) is 2.84. The van der Waals surface area contributed by atoms with Crippen LogP contribution in [0.3, 0.4) is 0 Å². The van der Waals surface area contributed by atoms with Crippen molar-refractivity contribution in [3.63, 3.8) is 0 Å². The van der Waals surface area contributed by atoms with Gasteiger partial charge in [-0.3, -0.25) is 9.69 Å². The van der Waals surface area contributed by atoms with Crippen LogP contribution in [-0.2, 0) is 15.1 Å². The van der Waals surface area contributed by atoms with E-state index >= 15 is 0 Å². The minimum atomic E-state index is -1.03. The Balaban J connectivity index is 1.77. The summed E-state index contributed by atoms with van der Waals surface area (Å²) in [6, 6.07) is 7.09. The van der Waals surface area contributed by atoms with E-state index in [0.717, 1.165) is 10.0 Å². The van der Waals surface area contributed by atoms with Crippen molar-refractivity contribution in [1.29, 1.82) is 0 Å². The van der Waals surface area contributed by atoms with Gasteiger partial charge in [-0.1, -0.05) is 28.1 Å². The molecule has 2 heterocycles. The maximum absolute atomic E-state index is 12.9.